The summed E-state index contributed by atoms with van der Waals surface area (Å²) in [6, 6.07) is -2.87. The molecule has 0 radical (unpaired) electrons. The second-order valence-electron chi connectivity index (χ2n) is 8.40. The number of thiazole rings is 1. The minimum absolute atomic E-state index is 0.0315. The number of carbonyl (C=O) groups is 4. The number of rotatable bonds is 12. The van der Waals surface area contributed by atoms with E-state index in [9.17, 15) is 37.3 Å². The van der Waals surface area contributed by atoms with Crippen molar-refractivity contribution in [3.63, 3.8) is 0 Å². The number of aromatic nitrogens is 4. The van der Waals surface area contributed by atoms with Crippen molar-refractivity contribution in [2.75, 3.05) is 12.3 Å². The van der Waals surface area contributed by atoms with Crippen LogP contribution in [0.4, 0.5) is 5.13 Å². The van der Waals surface area contributed by atoms with E-state index in [4.69, 9.17) is 16.3 Å². The Balaban J connectivity index is 1.54. The van der Waals surface area contributed by atoms with Gasteiger partial charge in [0, 0.05) is 18.2 Å². The first-order valence-electron chi connectivity index (χ1n) is 11.0. The van der Waals surface area contributed by atoms with Crippen molar-refractivity contribution in [3.8, 4) is 0 Å². The molecule has 1 aliphatic carbocycles. The van der Waals surface area contributed by atoms with Crippen LogP contribution in [0.15, 0.2) is 16.7 Å². The van der Waals surface area contributed by atoms with Crippen molar-refractivity contribution in [2.24, 2.45) is 10.9 Å². The minimum atomic E-state index is -5.03. The number of oxime groups is 1. The zero-order chi connectivity index (χ0) is 28.5. The maximum Gasteiger partial charge on any atom is 0.362 e. The zero-order valence-corrected chi connectivity index (χ0v) is 21.4. The second kappa shape index (κ2) is 10.5. The fourth-order valence-electron chi connectivity index (χ4n) is 3.47. The number of anilines is 1. The van der Waals surface area contributed by atoms with E-state index in [2.05, 4.69) is 31.0 Å². The average molecular weight is 587 g/mol. The van der Waals surface area contributed by atoms with Crippen LogP contribution >= 0.6 is 11.3 Å². The molecule has 1 saturated heterocycles. The fraction of sp³-hybridized carbons (Fsp3) is 0.444. The van der Waals surface area contributed by atoms with Crippen LogP contribution in [0, 0.1) is 0 Å². The number of nitrogens with two attached hydrogens (primary N) is 2. The number of hydrogen-bond donors (Lipinski definition) is 6. The van der Waals surface area contributed by atoms with E-state index in [1.165, 1.54) is 11.6 Å². The van der Waals surface area contributed by atoms with E-state index in [0.29, 0.717) is 0 Å². The molecule has 8 N–H and O–H groups in total. The van der Waals surface area contributed by atoms with Gasteiger partial charge in [-0.3, -0.25) is 18.9 Å². The van der Waals surface area contributed by atoms with Gasteiger partial charge in [-0.2, -0.15) is 23.4 Å². The summed E-state index contributed by atoms with van der Waals surface area (Å²) in [5, 5.41) is 27.2. The number of nitrogen functional groups attached to an aromatic ring is 1. The third-order valence-electron chi connectivity index (χ3n) is 5.68. The van der Waals surface area contributed by atoms with Gasteiger partial charge < -0.3 is 32.0 Å². The smallest absolute Gasteiger partial charge is 0.362 e. The standard InChI is InChI=1S/C18H22N10O9S2/c19-3-11(29)21-4-8-5-22-27(25-8)6-10-13(15(31)28(10)39(34,35)36)24-14(30)12(9-7-38-17(20)23-9)26-37-18(1-2-18)16(32)33/h5,7,10,13H,1-4,6,19H2,(H2,20,23)(H,21,29)(H,24,30)(H,32,33)(H,34,35,36). The number of aliphatic carboxylic acids is 1. The first-order valence-corrected chi connectivity index (χ1v) is 13.3. The van der Waals surface area contributed by atoms with Gasteiger partial charge in [0.25, 0.3) is 11.8 Å². The van der Waals surface area contributed by atoms with Gasteiger partial charge in [-0.05, 0) is 0 Å². The predicted octanol–water partition coefficient (Wildman–Crippen LogP) is -3.57. The van der Waals surface area contributed by atoms with Gasteiger partial charge in [0.05, 0.1) is 25.8 Å². The number of carboxylic acid groups (broad SMARTS) is 1. The van der Waals surface area contributed by atoms with Crippen LogP contribution in [-0.2, 0) is 47.4 Å². The van der Waals surface area contributed by atoms with E-state index < -0.39 is 63.9 Å². The Morgan fingerprint density at radius 1 is 1.33 bits per heavy atom. The molecule has 2 aromatic heterocycles. The highest BCUT2D eigenvalue weighted by Crippen LogP contribution is 2.40. The zero-order valence-electron chi connectivity index (χ0n) is 19.8. The molecule has 2 atom stereocenters. The molecule has 2 fully saturated rings. The molecule has 3 amide bonds. The number of nitrogens with zero attached hydrogens (tertiary/aromatic N) is 6. The van der Waals surface area contributed by atoms with Crippen molar-refractivity contribution in [1.29, 1.82) is 0 Å². The monoisotopic (exact) mass is 586 g/mol. The molecule has 210 valence electrons. The number of nitrogens with one attached hydrogen (secondary N) is 2. The number of β-lactam (4-membered cyclic amide) rings is 1. The summed E-state index contributed by atoms with van der Waals surface area (Å²) in [7, 11) is -5.03. The average Bonchev–Trinajstić information content (AvgIpc) is 3.33. The molecule has 2 aromatic rings. The number of carboxylic acids is 1. The molecule has 19 nitrogen and oxygen atoms in total. The summed E-state index contributed by atoms with van der Waals surface area (Å²) in [6.45, 7) is -0.670. The molecule has 0 aromatic carbocycles. The second-order valence-corrected chi connectivity index (χ2v) is 10.6. The lowest BCUT2D eigenvalue weighted by molar-refractivity contribution is -0.153. The maximum atomic E-state index is 13.1. The summed E-state index contributed by atoms with van der Waals surface area (Å²) in [5.74, 6) is -3.96. The molecular formula is C18H22N10O9S2. The predicted molar refractivity (Wildman–Crippen MR) is 129 cm³/mol. The largest absolute Gasteiger partial charge is 0.478 e. The SMILES string of the molecule is NCC(=O)NCc1cnn(CC2C(NC(=O)C(=NOC3(C(=O)O)CC3)c3csc(N)n3)C(=O)N2S(=O)(=O)O)n1. The van der Waals surface area contributed by atoms with Crippen molar-refractivity contribution >= 4 is 56.2 Å². The van der Waals surface area contributed by atoms with Crippen LogP contribution in [-0.4, -0.2) is 96.0 Å². The highest BCUT2D eigenvalue weighted by molar-refractivity contribution is 7.84. The highest BCUT2D eigenvalue weighted by Gasteiger charge is 2.56. The van der Waals surface area contributed by atoms with Gasteiger partial charge >= 0.3 is 16.3 Å². The van der Waals surface area contributed by atoms with E-state index in [0.717, 1.165) is 16.1 Å². The van der Waals surface area contributed by atoms with Crippen LogP contribution in [0.5, 0.6) is 0 Å². The summed E-state index contributed by atoms with van der Waals surface area (Å²) in [6.07, 6.45) is 1.58. The number of carbonyl (C=O) groups excluding carboxylic acids is 3. The minimum Gasteiger partial charge on any atom is -0.478 e. The Morgan fingerprint density at radius 2 is 2.05 bits per heavy atom. The molecule has 2 unspecified atom stereocenters. The summed E-state index contributed by atoms with van der Waals surface area (Å²) in [5.41, 5.74) is 8.93. The lowest BCUT2D eigenvalue weighted by Gasteiger charge is -2.43. The van der Waals surface area contributed by atoms with Gasteiger partial charge in [0.2, 0.25) is 11.5 Å². The molecule has 0 spiro atoms. The molecule has 3 heterocycles. The Labute approximate surface area is 223 Å². The maximum absolute atomic E-state index is 13.1. The third kappa shape index (κ3) is 5.94. The molecule has 21 heteroatoms. The lowest BCUT2D eigenvalue weighted by atomic mass is 9.98. The van der Waals surface area contributed by atoms with Gasteiger partial charge in [-0.25, -0.2) is 14.1 Å². The van der Waals surface area contributed by atoms with E-state index in [1.807, 2.05) is 0 Å². The van der Waals surface area contributed by atoms with Gasteiger partial charge in [-0.15, -0.1) is 11.3 Å². The van der Waals surface area contributed by atoms with Crippen molar-refractivity contribution in [3.05, 3.63) is 23.0 Å². The third-order valence-corrected chi connectivity index (χ3v) is 7.30. The summed E-state index contributed by atoms with van der Waals surface area (Å²) < 4.78 is 33.3. The van der Waals surface area contributed by atoms with Crippen LogP contribution in [0.1, 0.15) is 24.2 Å². The number of amides is 3. The highest BCUT2D eigenvalue weighted by atomic mass is 32.2. The quantitative estimate of drug-likeness (QED) is 0.0607. The first kappa shape index (κ1) is 27.8. The van der Waals surface area contributed by atoms with Crippen LogP contribution in [0.2, 0.25) is 0 Å². The summed E-state index contributed by atoms with van der Waals surface area (Å²) in [4.78, 5) is 58.5. The molecule has 4 rings (SSSR count). The van der Waals surface area contributed by atoms with Crippen LogP contribution < -0.4 is 22.1 Å². The molecule has 2 aliphatic rings. The van der Waals surface area contributed by atoms with Crippen LogP contribution in [0.25, 0.3) is 0 Å². The van der Waals surface area contributed by atoms with Gasteiger partial charge in [-0.1, -0.05) is 5.16 Å². The van der Waals surface area contributed by atoms with E-state index >= 15 is 0 Å². The molecule has 39 heavy (non-hydrogen) atoms. The Morgan fingerprint density at radius 3 is 2.62 bits per heavy atom. The van der Waals surface area contributed by atoms with Crippen molar-refractivity contribution < 1.29 is 42.1 Å². The normalized spacial score (nSPS) is 20.2. The van der Waals surface area contributed by atoms with Crippen molar-refractivity contribution in [2.45, 2.75) is 43.6 Å². The van der Waals surface area contributed by atoms with Gasteiger partial charge in [0.1, 0.15) is 23.5 Å². The Hall–Kier alpha value is -4.21. The lowest BCUT2D eigenvalue weighted by Crippen LogP contribution is -2.73. The Kier molecular flexibility index (Phi) is 7.50. The van der Waals surface area contributed by atoms with E-state index in [-0.39, 0.29) is 46.8 Å². The molecule has 0 bridgehead atoms. The summed E-state index contributed by atoms with van der Waals surface area (Å²) >= 11 is 0.953. The first-order chi connectivity index (χ1) is 18.3. The topological polar surface area (TPSA) is 287 Å². The number of hydrogen-bond acceptors (Lipinski definition) is 14. The molecule has 1 aliphatic heterocycles. The van der Waals surface area contributed by atoms with Gasteiger partial charge in [0.15, 0.2) is 10.8 Å². The van der Waals surface area contributed by atoms with E-state index in [1.54, 1.807) is 0 Å². The van der Waals surface area contributed by atoms with Crippen LogP contribution in [0.3, 0.4) is 0 Å². The Bertz CT molecular complexity index is 1450. The fourth-order valence-corrected chi connectivity index (χ4v) is 4.89. The molecule has 1 saturated carbocycles. The van der Waals surface area contributed by atoms with Crippen molar-refractivity contribution in [1.82, 2.24) is 34.9 Å². The molecular weight excluding hydrogens is 564 g/mol.